The van der Waals surface area contributed by atoms with Crippen LogP contribution in [0.15, 0.2) is 170 Å². The van der Waals surface area contributed by atoms with Crippen molar-refractivity contribution in [3.63, 3.8) is 0 Å². The van der Waals surface area contributed by atoms with Crippen LogP contribution in [0.4, 0.5) is 0 Å². The van der Waals surface area contributed by atoms with Gasteiger partial charge in [-0.1, -0.05) is 281 Å². The number of rotatable bonds is 56. The van der Waals surface area contributed by atoms with Crippen LogP contribution in [-0.4, -0.2) is 37.2 Å². The second kappa shape index (κ2) is 66.3. The van der Waals surface area contributed by atoms with Gasteiger partial charge in [-0.2, -0.15) is 0 Å². The Balaban J connectivity index is 4.52. The maximum atomic E-state index is 12.9. The summed E-state index contributed by atoms with van der Waals surface area (Å²) < 4.78 is 16.8. The summed E-state index contributed by atoms with van der Waals surface area (Å²) in [6, 6.07) is 0. The molecule has 0 radical (unpaired) electrons. The van der Waals surface area contributed by atoms with Gasteiger partial charge in [-0.25, -0.2) is 0 Å². The number of carbonyl (C=O) groups excluding carboxylic acids is 3. The molecule has 0 aromatic rings. The van der Waals surface area contributed by atoms with E-state index in [9.17, 15) is 14.4 Å². The molecule has 0 saturated heterocycles. The first-order valence-corrected chi connectivity index (χ1v) is 32.1. The Bertz CT molecular complexity index is 1840. The Morgan fingerprint density at radius 2 is 0.500 bits per heavy atom. The van der Waals surface area contributed by atoms with Gasteiger partial charge in [0, 0.05) is 19.3 Å². The highest BCUT2D eigenvalue weighted by molar-refractivity contribution is 5.71. The van der Waals surface area contributed by atoms with Crippen LogP contribution in [0.3, 0.4) is 0 Å². The van der Waals surface area contributed by atoms with E-state index in [4.69, 9.17) is 14.2 Å². The lowest BCUT2D eigenvalue weighted by Gasteiger charge is -2.18. The number of carbonyl (C=O) groups is 3. The zero-order chi connectivity index (χ0) is 57.8. The molecule has 0 aliphatic heterocycles. The van der Waals surface area contributed by atoms with E-state index >= 15 is 0 Å². The van der Waals surface area contributed by atoms with Gasteiger partial charge < -0.3 is 14.2 Å². The van der Waals surface area contributed by atoms with Gasteiger partial charge in [0.05, 0.1) is 0 Å². The molecule has 0 amide bonds. The molecule has 0 aromatic carbocycles. The minimum absolute atomic E-state index is 0.115. The van der Waals surface area contributed by atoms with Crippen molar-refractivity contribution < 1.29 is 28.6 Å². The maximum absolute atomic E-state index is 12.9. The average Bonchev–Trinajstić information content (AvgIpc) is 3.46. The predicted octanol–water partition coefficient (Wildman–Crippen LogP) is 22.3. The number of esters is 3. The highest BCUT2D eigenvalue weighted by atomic mass is 16.6. The first kappa shape index (κ1) is 74.8. The second-order valence-electron chi connectivity index (χ2n) is 20.6. The van der Waals surface area contributed by atoms with Crippen LogP contribution in [0.5, 0.6) is 0 Å². The average molecular weight is 1100 g/mol. The number of hydrogen-bond acceptors (Lipinski definition) is 6. The summed E-state index contributed by atoms with van der Waals surface area (Å²) >= 11 is 0. The first-order chi connectivity index (χ1) is 39.5. The summed E-state index contributed by atoms with van der Waals surface area (Å²) in [5.41, 5.74) is 0. The predicted molar refractivity (Wildman–Crippen MR) is 348 cm³/mol. The number of hydrogen-bond donors (Lipinski definition) is 0. The van der Waals surface area contributed by atoms with Crippen molar-refractivity contribution in [3.8, 4) is 0 Å². The van der Waals surface area contributed by atoms with E-state index in [0.29, 0.717) is 19.3 Å². The summed E-state index contributed by atoms with van der Waals surface area (Å²) in [6.45, 7) is 6.33. The zero-order valence-electron chi connectivity index (χ0n) is 51.3. The number of allylic oxidation sites excluding steroid dienone is 28. The summed E-state index contributed by atoms with van der Waals surface area (Å²) in [4.78, 5) is 38.3. The molecule has 6 nitrogen and oxygen atoms in total. The highest BCUT2D eigenvalue weighted by Crippen LogP contribution is 2.15. The van der Waals surface area contributed by atoms with Crippen LogP contribution in [0, 0.1) is 0 Å². The van der Waals surface area contributed by atoms with Gasteiger partial charge in [0.25, 0.3) is 0 Å². The van der Waals surface area contributed by atoms with E-state index in [2.05, 4.69) is 191 Å². The van der Waals surface area contributed by atoms with Gasteiger partial charge in [0.2, 0.25) is 0 Å². The quantitative estimate of drug-likeness (QED) is 0.0261. The van der Waals surface area contributed by atoms with Crippen molar-refractivity contribution in [2.45, 2.75) is 264 Å². The molecule has 0 aliphatic rings. The monoisotopic (exact) mass is 1100 g/mol. The molecule has 0 aliphatic carbocycles. The van der Waals surface area contributed by atoms with Crippen LogP contribution in [-0.2, 0) is 28.6 Å². The van der Waals surface area contributed by atoms with Gasteiger partial charge >= 0.3 is 17.9 Å². The van der Waals surface area contributed by atoms with E-state index in [1.165, 1.54) is 70.6 Å². The summed E-state index contributed by atoms with van der Waals surface area (Å²) in [5, 5.41) is 0. The van der Waals surface area contributed by atoms with Crippen LogP contribution in [0.1, 0.15) is 258 Å². The third-order valence-corrected chi connectivity index (χ3v) is 13.0. The van der Waals surface area contributed by atoms with Crippen molar-refractivity contribution in [2.24, 2.45) is 0 Å². The Morgan fingerprint density at radius 3 is 0.812 bits per heavy atom. The third-order valence-electron chi connectivity index (χ3n) is 13.0. The van der Waals surface area contributed by atoms with E-state index in [0.717, 1.165) is 135 Å². The molecular formula is C74H116O6. The Labute approximate surface area is 492 Å². The minimum atomic E-state index is -0.828. The standard InChI is InChI=1S/C74H116O6/c1-4-7-10-13-16-19-22-25-28-30-32-33-34-35-36-37-38-39-40-41-43-44-46-49-52-55-58-61-64-67-73(76)79-70-71(69-78-72(75)66-63-60-57-54-51-48-27-24-21-18-15-12-9-6-3)80-74(77)68-65-62-59-56-53-50-47-45-42-31-29-26-23-20-17-14-11-8-5-2/h7-8,10-11,16-17,19-20,25-26,28-29,32-33,35-36,38-39,41-43,45-46,49-50,53,55,58,71H,4-6,9,12-15,18,21-24,27,30-31,34,37,40,44,47-48,51-52,54,56-57,59-70H2,1-3H3/b10-7-,11-8-,19-16-,20-17-,28-25-,29-26-,33-32-,36-35-,39-38-,43-41-,45-42-,49-46-,53-50-,58-55-. The van der Waals surface area contributed by atoms with E-state index < -0.39 is 6.10 Å². The summed E-state index contributed by atoms with van der Waals surface area (Å²) in [6.07, 6.45) is 97.9. The minimum Gasteiger partial charge on any atom is -0.462 e. The molecule has 0 heterocycles. The Morgan fingerprint density at radius 1 is 0.263 bits per heavy atom. The van der Waals surface area contributed by atoms with E-state index in [-0.39, 0.29) is 44.0 Å². The molecule has 0 fully saturated rings. The lowest BCUT2D eigenvalue weighted by Crippen LogP contribution is -2.30. The van der Waals surface area contributed by atoms with Gasteiger partial charge in [0.1, 0.15) is 13.2 Å². The molecule has 0 bridgehead atoms. The van der Waals surface area contributed by atoms with Crippen molar-refractivity contribution in [3.05, 3.63) is 170 Å². The van der Waals surface area contributed by atoms with Crippen LogP contribution >= 0.6 is 0 Å². The molecule has 0 rings (SSSR count). The van der Waals surface area contributed by atoms with Gasteiger partial charge in [-0.3, -0.25) is 14.4 Å². The second-order valence-corrected chi connectivity index (χ2v) is 20.6. The highest BCUT2D eigenvalue weighted by Gasteiger charge is 2.19. The van der Waals surface area contributed by atoms with E-state index in [1.807, 2.05) is 0 Å². The smallest absolute Gasteiger partial charge is 0.306 e. The zero-order valence-corrected chi connectivity index (χ0v) is 51.3. The maximum Gasteiger partial charge on any atom is 0.306 e. The molecule has 0 aromatic heterocycles. The molecule has 1 unspecified atom stereocenters. The van der Waals surface area contributed by atoms with E-state index in [1.54, 1.807) is 0 Å². The summed E-state index contributed by atoms with van der Waals surface area (Å²) in [7, 11) is 0. The molecular weight excluding hydrogens is 985 g/mol. The van der Waals surface area contributed by atoms with Crippen molar-refractivity contribution in [1.82, 2.24) is 0 Å². The first-order valence-electron chi connectivity index (χ1n) is 32.1. The molecule has 0 spiro atoms. The van der Waals surface area contributed by atoms with Crippen LogP contribution < -0.4 is 0 Å². The molecule has 80 heavy (non-hydrogen) atoms. The molecule has 6 heteroatoms. The molecule has 448 valence electrons. The topological polar surface area (TPSA) is 78.9 Å². The largest absolute Gasteiger partial charge is 0.462 e. The number of unbranched alkanes of at least 4 members (excludes halogenated alkanes) is 17. The number of ether oxygens (including phenoxy) is 3. The molecule has 0 N–H and O–H groups in total. The van der Waals surface area contributed by atoms with Crippen LogP contribution in [0.2, 0.25) is 0 Å². The normalized spacial score (nSPS) is 13.3. The fourth-order valence-electron chi connectivity index (χ4n) is 8.23. The van der Waals surface area contributed by atoms with Gasteiger partial charge in [0.15, 0.2) is 6.10 Å². The van der Waals surface area contributed by atoms with Crippen molar-refractivity contribution in [1.29, 1.82) is 0 Å². The third kappa shape index (κ3) is 63.6. The fourth-order valence-corrected chi connectivity index (χ4v) is 8.23. The molecule has 1 atom stereocenters. The lowest BCUT2D eigenvalue weighted by atomic mass is 10.0. The Hall–Kier alpha value is -5.23. The fraction of sp³-hybridized carbons (Fsp3) is 0.581. The molecule has 0 saturated carbocycles. The summed E-state index contributed by atoms with van der Waals surface area (Å²) in [5.74, 6) is -1.01. The lowest BCUT2D eigenvalue weighted by molar-refractivity contribution is -0.167. The van der Waals surface area contributed by atoms with Crippen molar-refractivity contribution >= 4 is 17.9 Å². The van der Waals surface area contributed by atoms with Crippen molar-refractivity contribution in [2.75, 3.05) is 13.2 Å². The van der Waals surface area contributed by atoms with Crippen LogP contribution in [0.25, 0.3) is 0 Å². The Kier molecular flexibility index (Phi) is 61.9. The van der Waals surface area contributed by atoms with Gasteiger partial charge in [-0.05, 0) is 128 Å². The van der Waals surface area contributed by atoms with Gasteiger partial charge in [-0.15, -0.1) is 0 Å². The SMILES string of the molecule is CC/C=C\C/C=C\C/C=C\C/C=C\C/C=C\C/C=C\C/C=C\C/C=C\C/C=C\CCCC(=O)OCC(COC(=O)CCCCCCCCCCCCCCCC)OC(=O)CCCCC/C=C\C/C=C\C/C=C\C/C=C\C/C=C\CC.